The van der Waals surface area contributed by atoms with Gasteiger partial charge in [0.25, 0.3) is 0 Å². The Balaban J connectivity index is 0.000000416. The molecule has 6 atom stereocenters. The summed E-state index contributed by atoms with van der Waals surface area (Å²) in [6.07, 6.45) is 0.322. The lowest BCUT2D eigenvalue weighted by atomic mass is 9.77. The van der Waals surface area contributed by atoms with E-state index in [2.05, 4.69) is 23.1 Å². The van der Waals surface area contributed by atoms with Gasteiger partial charge >= 0.3 is 30.1 Å². The number of carbonyl (C=O) groups is 6. The van der Waals surface area contributed by atoms with Crippen LogP contribution in [-0.2, 0) is 43.0 Å². The zero-order chi connectivity index (χ0) is 51.9. The van der Waals surface area contributed by atoms with Gasteiger partial charge in [0.05, 0.1) is 41.5 Å². The summed E-state index contributed by atoms with van der Waals surface area (Å²) in [6.45, 7) is 24.2. The second kappa shape index (κ2) is 25.2. The van der Waals surface area contributed by atoms with Crippen molar-refractivity contribution in [3.63, 3.8) is 0 Å². The molecule has 2 aliphatic rings. The Hall–Kier alpha value is -5.47. The first-order valence-electron chi connectivity index (χ1n) is 21.3. The van der Waals surface area contributed by atoms with Crippen molar-refractivity contribution >= 4 is 58.9 Å². The topological polar surface area (TPSA) is 227 Å². The molecule has 0 radical (unpaired) electrons. The number of hydrogen-bond acceptors (Lipinski definition) is 14. The molecule has 2 fully saturated rings. The molecule has 378 valence electrons. The molecule has 2 saturated heterocycles. The average Bonchev–Trinajstić information content (AvgIpc) is 3.85. The lowest BCUT2D eigenvalue weighted by molar-refractivity contribution is -0.192. The molecule has 22 heteroatoms. The van der Waals surface area contributed by atoms with Gasteiger partial charge in [0.1, 0.15) is 43.1 Å². The molecule has 0 saturated carbocycles. The number of amides is 2. The van der Waals surface area contributed by atoms with Crippen LogP contribution in [0.5, 0.6) is 11.8 Å². The molecule has 0 unspecified atom stereocenters. The van der Waals surface area contributed by atoms with Crippen LogP contribution < -0.4 is 15.2 Å². The number of aromatic nitrogens is 2. The van der Waals surface area contributed by atoms with Crippen LogP contribution in [0.3, 0.4) is 0 Å². The minimum atomic E-state index is -5.08. The van der Waals surface area contributed by atoms with Crippen molar-refractivity contribution in [2.75, 3.05) is 26.3 Å². The number of pyridine rings is 2. The molecule has 0 aromatic carbocycles. The standard InChI is InChI=1S/C25H35ClN2O6.C19H26ClN3O4.C2HF3O2/c1-8-11-32-23(31)19-12-17(33-20-10-9-16(26)14-27-20)15-28(19)22(30)18(24(2,3)4)13-21(29)34-25(5,6)7;1-5-8-26-18(25)14-9-13(27-15-7-6-12(20)10-22-15)11-23(14)17(24)16(21)19(2,3)4;3-2(4,5)1(6)7/h8-10,14,17-19H,1,11-13,15H2,2-7H3;5-7,10,13-14,16H,1,8-9,11,21H2,2-4H3;(H,6,7)/t17-,18-,19+;13-,14+,16-;/m11./s1. The highest BCUT2D eigenvalue weighted by Crippen LogP contribution is 2.35. The number of carboxylic acid groups (broad SMARTS) is 1. The summed E-state index contributed by atoms with van der Waals surface area (Å²) < 4.78 is 59.4. The molecule has 4 rings (SSSR count). The van der Waals surface area contributed by atoms with Gasteiger partial charge in [-0.2, -0.15) is 13.2 Å². The molecule has 0 bridgehead atoms. The highest BCUT2D eigenvalue weighted by molar-refractivity contribution is 6.30. The molecule has 2 aromatic heterocycles. The Morgan fingerprint density at radius 2 is 1.15 bits per heavy atom. The molecule has 17 nitrogen and oxygen atoms in total. The Morgan fingerprint density at radius 3 is 1.46 bits per heavy atom. The van der Waals surface area contributed by atoms with Gasteiger partial charge in [-0.05, 0) is 43.7 Å². The third-order valence-corrected chi connectivity index (χ3v) is 10.3. The van der Waals surface area contributed by atoms with E-state index in [1.54, 1.807) is 45.0 Å². The Bertz CT molecular complexity index is 2060. The number of hydrogen-bond donors (Lipinski definition) is 2. The summed E-state index contributed by atoms with van der Waals surface area (Å²) in [6, 6.07) is 4.20. The second-order valence-electron chi connectivity index (χ2n) is 18.8. The number of halogens is 5. The zero-order valence-electron chi connectivity index (χ0n) is 39.6. The highest BCUT2D eigenvalue weighted by Gasteiger charge is 2.48. The number of aliphatic carboxylic acids is 1. The SMILES string of the molecule is C=CCOC(=O)[C@@H]1C[C@@H](Oc2ccc(Cl)cn2)CN1C(=O)[C@@H](CC(=O)OC(C)(C)C)C(C)(C)C.C=CCOC(=O)[C@@H]1C[C@@H](Oc2ccc(Cl)cn2)CN1C(=O)[C@@H](N)C(C)(C)C.O=C(O)C(F)(F)F. The number of rotatable bonds is 14. The van der Waals surface area contributed by atoms with Crippen molar-refractivity contribution in [2.24, 2.45) is 22.5 Å². The summed E-state index contributed by atoms with van der Waals surface area (Å²) in [7, 11) is 0. The molecule has 68 heavy (non-hydrogen) atoms. The number of ether oxygens (including phenoxy) is 5. The maximum atomic E-state index is 13.7. The van der Waals surface area contributed by atoms with Crippen molar-refractivity contribution < 1.29 is 70.7 Å². The summed E-state index contributed by atoms with van der Waals surface area (Å²) >= 11 is 11.7. The third-order valence-electron chi connectivity index (χ3n) is 9.87. The summed E-state index contributed by atoms with van der Waals surface area (Å²) in [5.74, 6) is -4.90. The lowest BCUT2D eigenvalue weighted by Crippen LogP contribution is -2.53. The highest BCUT2D eigenvalue weighted by atomic mass is 35.5. The van der Waals surface area contributed by atoms with E-state index in [0.29, 0.717) is 28.2 Å². The van der Waals surface area contributed by atoms with E-state index >= 15 is 0 Å². The van der Waals surface area contributed by atoms with Crippen molar-refractivity contribution in [3.05, 3.63) is 72.0 Å². The maximum Gasteiger partial charge on any atom is 0.490 e. The number of carbonyl (C=O) groups excluding carboxylic acids is 5. The van der Waals surface area contributed by atoms with Crippen molar-refractivity contribution in [3.8, 4) is 11.8 Å². The molecular weight excluding hydrogens is 942 g/mol. The first kappa shape index (κ1) is 58.7. The molecular formula is C46H62Cl2F3N5O12. The summed E-state index contributed by atoms with van der Waals surface area (Å²) in [5, 5.41) is 8.09. The van der Waals surface area contributed by atoms with Gasteiger partial charge in [-0.25, -0.2) is 24.4 Å². The number of nitrogens with two attached hydrogens (primary N) is 1. The van der Waals surface area contributed by atoms with Crippen LogP contribution in [-0.4, -0.2) is 129 Å². The fourth-order valence-corrected chi connectivity index (χ4v) is 6.67. The third kappa shape index (κ3) is 19.3. The Labute approximate surface area is 404 Å². The predicted octanol–water partition coefficient (Wildman–Crippen LogP) is 7.03. The maximum absolute atomic E-state index is 13.7. The predicted molar refractivity (Wildman–Crippen MR) is 244 cm³/mol. The van der Waals surface area contributed by atoms with E-state index in [9.17, 15) is 37.1 Å². The number of alkyl halides is 3. The molecule has 3 N–H and O–H groups in total. The van der Waals surface area contributed by atoms with E-state index < -0.39 is 82.7 Å². The molecule has 0 aliphatic carbocycles. The molecule has 2 aromatic rings. The quantitative estimate of drug-likeness (QED) is 0.110. The van der Waals surface area contributed by atoms with Gasteiger partial charge in [-0.1, -0.05) is 90.1 Å². The average molecular weight is 1000 g/mol. The minimum absolute atomic E-state index is 0.0300. The molecule has 2 amide bonds. The number of carboxylic acids is 1. The largest absolute Gasteiger partial charge is 0.490 e. The molecule has 4 heterocycles. The van der Waals surface area contributed by atoms with Gasteiger partial charge in [-0.15, -0.1) is 0 Å². The van der Waals surface area contributed by atoms with Crippen molar-refractivity contribution in [2.45, 2.75) is 124 Å². The van der Waals surface area contributed by atoms with Crippen LogP contribution in [0.2, 0.25) is 10.0 Å². The molecule has 2 aliphatic heterocycles. The number of nitrogens with zero attached hydrogens (tertiary/aromatic N) is 4. The van der Waals surface area contributed by atoms with Crippen molar-refractivity contribution in [1.29, 1.82) is 0 Å². The fourth-order valence-electron chi connectivity index (χ4n) is 6.44. The first-order valence-corrected chi connectivity index (χ1v) is 22.0. The second-order valence-corrected chi connectivity index (χ2v) is 19.7. The van der Waals surface area contributed by atoms with E-state index in [1.807, 2.05) is 41.5 Å². The number of esters is 3. The Kier molecular flexibility index (Phi) is 21.8. The smallest absolute Gasteiger partial charge is 0.475 e. The van der Waals surface area contributed by atoms with Crippen LogP contribution in [0.25, 0.3) is 0 Å². The Morgan fingerprint density at radius 1 is 0.750 bits per heavy atom. The van der Waals surface area contributed by atoms with Gasteiger partial charge < -0.3 is 44.3 Å². The van der Waals surface area contributed by atoms with E-state index in [4.69, 9.17) is 62.5 Å². The first-order chi connectivity index (χ1) is 31.3. The van der Waals surface area contributed by atoms with Crippen LogP contribution in [0.1, 0.15) is 81.6 Å². The summed E-state index contributed by atoms with van der Waals surface area (Å²) in [5.41, 5.74) is 4.46. The van der Waals surface area contributed by atoms with Crippen LogP contribution in [0, 0.1) is 16.7 Å². The summed E-state index contributed by atoms with van der Waals surface area (Å²) in [4.78, 5) is 84.5. The lowest BCUT2D eigenvalue weighted by Gasteiger charge is -2.34. The normalized spacial score (nSPS) is 19.1. The van der Waals surface area contributed by atoms with Gasteiger partial charge in [0, 0.05) is 37.4 Å². The van der Waals surface area contributed by atoms with Gasteiger partial charge in [0.15, 0.2) is 0 Å². The van der Waals surface area contributed by atoms with Gasteiger partial charge in [0.2, 0.25) is 23.6 Å². The zero-order valence-corrected chi connectivity index (χ0v) is 41.2. The van der Waals surface area contributed by atoms with Crippen molar-refractivity contribution in [1.82, 2.24) is 19.8 Å². The van der Waals surface area contributed by atoms with Crippen LogP contribution in [0.4, 0.5) is 13.2 Å². The number of likely N-dealkylation sites (tertiary alicyclic amines) is 2. The molecule has 0 spiro atoms. The fraction of sp³-hybridized carbons (Fsp3) is 0.565. The van der Waals surface area contributed by atoms with E-state index in [1.165, 1.54) is 34.3 Å². The van der Waals surface area contributed by atoms with E-state index in [0.717, 1.165) is 0 Å². The monoisotopic (exact) mass is 1000 g/mol. The van der Waals surface area contributed by atoms with Crippen LogP contribution in [0.15, 0.2) is 62.0 Å². The van der Waals surface area contributed by atoms with Gasteiger partial charge in [-0.3, -0.25) is 14.4 Å². The van der Waals surface area contributed by atoms with Crippen LogP contribution >= 0.6 is 23.2 Å². The van der Waals surface area contributed by atoms with E-state index in [-0.39, 0.29) is 51.0 Å². The minimum Gasteiger partial charge on any atom is -0.475 e.